The number of nitrogens with zero attached hydrogens (tertiary/aromatic N) is 1. The Balaban J connectivity index is 2.92. The summed E-state index contributed by atoms with van der Waals surface area (Å²) in [5.41, 5.74) is 0. The van der Waals surface area contributed by atoms with Crippen molar-refractivity contribution in [3.8, 4) is 0 Å². The number of nitrogens with one attached hydrogen (secondary N) is 1. The molecule has 1 aliphatic rings. The fourth-order valence-electron chi connectivity index (χ4n) is 2.66. The molecule has 3 unspecified atom stereocenters. The Morgan fingerprint density at radius 3 is 2.65 bits per heavy atom. The highest BCUT2D eigenvalue weighted by Gasteiger charge is 2.35. The van der Waals surface area contributed by atoms with E-state index < -0.39 is 6.04 Å². The van der Waals surface area contributed by atoms with Crippen LogP contribution in [0.2, 0.25) is 0 Å². The van der Waals surface area contributed by atoms with Gasteiger partial charge in [-0.05, 0) is 12.3 Å². The molecule has 5 heteroatoms. The van der Waals surface area contributed by atoms with Gasteiger partial charge in [0.25, 0.3) is 0 Å². The van der Waals surface area contributed by atoms with Crippen molar-refractivity contribution >= 4 is 11.8 Å². The second-order valence-electron chi connectivity index (χ2n) is 5.61. The first-order chi connectivity index (χ1) is 9.54. The Hall–Kier alpha value is -1.10. The lowest BCUT2D eigenvalue weighted by atomic mass is 9.97. The highest BCUT2D eigenvalue weighted by molar-refractivity contribution is 5.90. The molecular weight excluding hydrogens is 256 g/mol. The SMILES string of the molecule is CCCC(COC)N1CCC(=O)NC(C(C)CC)C1=O. The van der Waals surface area contributed by atoms with Crippen LogP contribution in [0.1, 0.15) is 46.5 Å². The third-order valence-electron chi connectivity index (χ3n) is 4.08. The summed E-state index contributed by atoms with van der Waals surface area (Å²) in [6, 6.07) is -0.331. The standard InChI is InChI=1S/C15H28N2O3/c1-5-7-12(10-20-4)17-9-8-13(18)16-14(15(17)19)11(3)6-2/h11-12,14H,5-10H2,1-4H3,(H,16,18). The van der Waals surface area contributed by atoms with E-state index in [1.165, 1.54) is 0 Å². The molecule has 0 aliphatic carbocycles. The maximum Gasteiger partial charge on any atom is 0.245 e. The van der Waals surface area contributed by atoms with Crippen molar-refractivity contribution in [1.82, 2.24) is 10.2 Å². The minimum atomic E-state index is -0.397. The molecule has 0 saturated carbocycles. The van der Waals surface area contributed by atoms with Crippen LogP contribution in [-0.2, 0) is 14.3 Å². The van der Waals surface area contributed by atoms with E-state index in [9.17, 15) is 9.59 Å². The number of amides is 2. The van der Waals surface area contributed by atoms with E-state index in [1.54, 1.807) is 7.11 Å². The van der Waals surface area contributed by atoms with Gasteiger partial charge in [0, 0.05) is 20.1 Å². The normalized spacial score (nSPS) is 23.2. The summed E-state index contributed by atoms with van der Waals surface area (Å²) in [5.74, 6) is 0.163. The van der Waals surface area contributed by atoms with E-state index in [0.717, 1.165) is 19.3 Å². The summed E-state index contributed by atoms with van der Waals surface area (Å²) in [7, 11) is 1.65. The van der Waals surface area contributed by atoms with Gasteiger partial charge in [-0.25, -0.2) is 0 Å². The van der Waals surface area contributed by atoms with Gasteiger partial charge < -0.3 is 15.0 Å². The topological polar surface area (TPSA) is 58.6 Å². The van der Waals surface area contributed by atoms with Crippen LogP contribution in [0.4, 0.5) is 0 Å². The van der Waals surface area contributed by atoms with Gasteiger partial charge in [-0.3, -0.25) is 9.59 Å². The van der Waals surface area contributed by atoms with Crippen molar-refractivity contribution in [1.29, 1.82) is 0 Å². The summed E-state index contributed by atoms with van der Waals surface area (Å²) in [5, 5.41) is 2.88. The maximum absolute atomic E-state index is 12.7. The molecule has 20 heavy (non-hydrogen) atoms. The number of methoxy groups -OCH3 is 1. The van der Waals surface area contributed by atoms with E-state index in [4.69, 9.17) is 4.74 Å². The molecule has 1 aliphatic heterocycles. The molecule has 3 atom stereocenters. The Morgan fingerprint density at radius 2 is 2.10 bits per heavy atom. The van der Waals surface area contributed by atoms with Gasteiger partial charge in [0.1, 0.15) is 6.04 Å². The number of carbonyl (C=O) groups is 2. The number of ether oxygens (including phenoxy) is 1. The lowest BCUT2D eigenvalue weighted by Crippen LogP contribution is -2.52. The van der Waals surface area contributed by atoms with E-state index in [1.807, 2.05) is 18.7 Å². The molecule has 0 radical (unpaired) electrons. The van der Waals surface area contributed by atoms with Gasteiger partial charge >= 0.3 is 0 Å². The van der Waals surface area contributed by atoms with Crippen LogP contribution in [0.3, 0.4) is 0 Å². The molecule has 0 aromatic rings. The third kappa shape index (κ3) is 4.20. The first-order valence-electron chi connectivity index (χ1n) is 7.63. The highest BCUT2D eigenvalue weighted by atomic mass is 16.5. The predicted octanol–water partition coefficient (Wildman–Crippen LogP) is 1.56. The Bertz CT molecular complexity index is 327. The number of rotatable bonds is 7. The summed E-state index contributed by atoms with van der Waals surface area (Å²) in [6.07, 6.45) is 3.14. The highest BCUT2D eigenvalue weighted by Crippen LogP contribution is 2.18. The summed E-state index contributed by atoms with van der Waals surface area (Å²) < 4.78 is 5.25. The number of carbonyl (C=O) groups excluding carboxylic acids is 2. The molecule has 0 spiro atoms. The minimum absolute atomic E-state index is 0.0289. The van der Waals surface area contributed by atoms with Gasteiger partial charge in [0.2, 0.25) is 11.8 Å². The molecule has 2 amide bonds. The molecule has 1 saturated heterocycles. The molecule has 1 N–H and O–H groups in total. The van der Waals surface area contributed by atoms with Crippen molar-refractivity contribution in [3.63, 3.8) is 0 Å². The Labute approximate surface area is 122 Å². The predicted molar refractivity (Wildman–Crippen MR) is 78.3 cm³/mol. The van der Waals surface area contributed by atoms with E-state index in [0.29, 0.717) is 19.6 Å². The maximum atomic E-state index is 12.7. The van der Waals surface area contributed by atoms with Crippen LogP contribution >= 0.6 is 0 Å². The molecule has 1 rings (SSSR count). The van der Waals surface area contributed by atoms with E-state index in [-0.39, 0.29) is 23.8 Å². The zero-order valence-electron chi connectivity index (χ0n) is 13.1. The number of hydrogen-bond donors (Lipinski definition) is 1. The number of hydrogen-bond acceptors (Lipinski definition) is 3. The minimum Gasteiger partial charge on any atom is -0.383 e. The molecule has 0 bridgehead atoms. The summed E-state index contributed by atoms with van der Waals surface area (Å²) in [6.45, 7) is 7.17. The fraction of sp³-hybridized carbons (Fsp3) is 0.867. The van der Waals surface area contributed by atoms with Crippen LogP contribution in [0.25, 0.3) is 0 Å². The van der Waals surface area contributed by atoms with Crippen molar-refractivity contribution in [2.75, 3.05) is 20.3 Å². The van der Waals surface area contributed by atoms with Crippen LogP contribution in [0.5, 0.6) is 0 Å². The van der Waals surface area contributed by atoms with Crippen LogP contribution in [-0.4, -0.2) is 49.1 Å². The van der Waals surface area contributed by atoms with Gasteiger partial charge in [-0.2, -0.15) is 0 Å². The van der Waals surface area contributed by atoms with E-state index in [2.05, 4.69) is 12.2 Å². The summed E-state index contributed by atoms with van der Waals surface area (Å²) in [4.78, 5) is 26.4. The van der Waals surface area contributed by atoms with Crippen molar-refractivity contribution in [3.05, 3.63) is 0 Å². The van der Waals surface area contributed by atoms with Crippen LogP contribution < -0.4 is 5.32 Å². The van der Waals surface area contributed by atoms with Gasteiger partial charge in [-0.15, -0.1) is 0 Å². The third-order valence-corrected chi connectivity index (χ3v) is 4.08. The zero-order chi connectivity index (χ0) is 15.1. The lowest BCUT2D eigenvalue weighted by molar-refractivity contribution is -0.138. The molecule has 0 aromatic heterocycles. The zero-order valence-corrected chi connectivity index (χ0v) is 13.1. The fourth-order valence-corrected chi connectivity index (χ4v) is 2.66. The molecule has 0 aromatic carbocycles. The monoisotopic (exact) mass is 284 g/mol. The van der Waals surface area contributed by atoms with Gasteiger partial charge in [-0.1, -0.05) is 33.6 Å². The second-order valence-corrected chi connectivity index (χ2v) is 5.61. The first-order valence-corrected chi connectivity index (χ1v) is 7.63. The summed E-state index contributed by atoms with van der Waals surface area (Å²) >= 11 is 0. The Kier molecular flexibility index (Phi) is 6.99. The van der Waals surface area contributed by atoms with Crippen LogP contribution in [0.15, 0.2) is 0 Å². The van der Waals surface area contributed by atoms with Crippen molar-refractivity contribution < 1.29 is 14.3 Å². The van der Waals surface area contributed by atoms with Crippen LogP contribution in [0, 0.1) is 5.92 Å². The molecule has 1 heterocycles. The molecule has 116 valence electrons. The average molecular weight is 284 g/mol. The quantitative estimate of drug-likeness (QED) is 0.772. The smallest absolute Gasteiger partial charge is 0.245 e. The molecular formula is C15H28N2O3. The average Bonchev–Trinajstić information content (AvgIpc) is 2.57. The Morgan fingerprint density at radius 1 is 1.40 bits per heavy atom. The van der Waals surface area contributed by atoms with Gasteiger partial charge in [0.15, 0.2) is 0 Å². The molecule has 1 fully saturated rings. The molecule has 5 nitrogen and oxygen atoms in total. The van der Waals surface area contributed by atoms with Crippen molar-refractivity contribution in [2.45, 2.75) is 58.5 Å². The first kappa shape index (κ1) is 17.0. The van der Waals surface area contributed by atoms with Crippen molar-refractivity contribution in [2.24, 2.45) is 5.92 Å². The second kappa shape index (κ2) is 8.25. The largest absolute Gasteiger partial charge is 0.383 e. The van der Waals surface area contributed by atoms with Gasteiger partial charge in [0.05, 0.1) is 12.6 Å². The van der Waals surface area contributed by atoms with E-state index >= 15 is 0 Å². The lowest BCUT2D eigenvalue weighted by Gasteiger charge is -2.33.